The molecule has 0 saturated heterocycles. The van der Waals surface area contributed by atoms with Crippen molar-refractivity contribution in [1.29, 1.82) is 0 Å². The van der Waals surface area contributed by atoms with E-state index in [0.717, 1.165) is 30.5 Å². The number of hydrogen-bond acceptors (Lipinski definition) is 5. The van der Waals surface area contributed by atoms with Gasteiger partial charge in [-0.05, 0) is 50.4 Å². The third-order valence-corrected chi connectivity index (χ3v) is 5.79. The van der Waals surface area contributed by atoms with Crippen molar-refractivity contribution < 1.29 is 9.59 Å². The number of hydrogen-bond donors (Lipinski definition) is 2. The molecule has 3 rings (SSSR count). The second-order valence-electron chi connectivity index (χ2n) is 7.91. The lowest BCUT2D eigenvalue weighted by atomic mass is 9.86. The first-order valence-corrected chi connectivity index (χ1v) is 10.2. The van der Waals surface area contributed by atoms with Gasteiger partial charge in [0.25, 0.3) is 0 Å². The SMILES string of the molecule is CC1CCCCC1NC(=O)NC(=O)CN(C)C(C)c1ccc(-n2cncn2)cc1. The summed E-state index contributed by atoms with van der Waals surface area (Å²) in [6.07, 6.45) is 7.57. The van der Waals surface area contributed by atoms with Crippen LogP contribution in [0.15, 0.2) is 36.9 Å². The molecule has 1 aliphatic carbocycles. The molecule has 8 heteroatoms. The molecule has 0 aliphatic heterocycles. The van der Waals surface area contributed by atoms with E-state index in [9.17, 15) is 9.59 Å². The van der Waals surface area contributed by atoms with E-state index in [-0.39, 0.29) is 24.5 Å². The minimum Gasteiger partial charge on any atom is -0.335 e. The van der Waals surface area contributed by atoms with Gasteiger partial charge in [-0.15, -0.1) is 0 Å². The molecule has 3 amide bonds. The topological polar surface area (TPSA) is 92.2 Å². The first-order valence-electron chi connectivity index (χ1n) is 10.2. The van der Waals surface area contributed by atoms with Gasteiger partial charge in [0, 0.05) is 12.1 Å². The number of carbonyl (C=O) groups excluding carboxylic acids is 2. The van der Waals surface area contributed by atoms with Gasteiger partial charge in [0.1, 0.15) is 12.7 Å². The highest BCUT2D eigenvalue weighted by molar-refractivity contribution is 5.95. The molecule has 1 fully saturated rings. The van der Waals surface area contributed by atoms with Gasteiger partial charge in [-0.3, -0.25) is 15.0 Å². The van der Waals surface area contributed by atoms with Crippen LogP contribution >= 0.6 is 0 Å². The van der Waals surface area contributed by atoms with Crippen LogP contribution in [-0.4, -0.2) is 51.2 Å². The van der Waals surface area contributed by atoms with E-state index in [1.165, 1.54) is 12.7 Å². The van der Waals surface area contributed by atoms with Crippen LogP contribution in [0, 0.1) is 5.92 Å². The Bertz CT molecular complexity index is 805. The molecule has 29 heavy (non-hydrogen) atoms. The molecule has 1 aliphatic rings. The monoisotopic (exact) mass is 398 g/mol. The highest BCUT2D eigenvalue weighted by Gasteiger charge is 2.24. The summed E-state index contributed by atoms with van der Waals surface area (Å²) in [5, 5.41) is 9.53. The molecule has 3 unspecified atom stereocenters. The van der Waals surface area contributed by atoms with E-state index in [4.69, 9.17) is 0 Å². The number of rotatable bonds is 6. The van der Waals surface area contributed by atoms with Gasteiger partial charge in [0.05, 0.1) is 12.2 Å². The first-order chi connectivity index (χ1) is 13.9. The molecular formula is C21H30N6O2. The Hall–Kier alpha value is -2.74. The molecule has 0 spiro atoms. The molecule has 1 aromatic carbocycles. The molecular weight excluding hydrogens is 368 g/mol. The Balaban J connectivity index is 1.48. The summed E-state index contributed by atoms with van der Waals surface area (Å²) in [7, 11) is 1.87. The van der Waals surface area contributed by atoms with Gasteiger partial charge in [-0.1, -0.05) is 31.9 Å². The number of nitrogens with zero attached hydrogens (tertiary/aromatic N) is 4. The largest absolute Gasteiger partial charge is 0.335 e. The molecule has 1 aromatic heterocycles. The van der Waals surface area contributed by atoms with E-state index in [1.807, 2.05) is 43.1 Å². The summed E-state index contributed by atoms with van der Waals surface area (Å²) in [5.74, 6) is 0.146. The summed E-state index contributed by atoms with van der Waals surface area (Å²) in [6.45, 7) is 4.32. The van der Waals surface area contributed by atoms with Crippen molar-refractivity contribution in [3.8, 4) is 5.69 Å². The van der Waals surface area contributed by atoms with E-state index >= 15 is 0 Å². The highest BCUT2D eigenvalue weighted by atomic mass is 16.2. The number of amides is 3. The average Bonchev–Trinajstić information content (AvgIpc) is 3.24. The van der Waals surface area contributed by atoms with Crippen LogP contribution in [0.2, 0.25) is 0 Å². The Labute approximate surface area is 171 Å². The third kappa shape index (κ3) is 5.63. The molecule has 156 valence electrons. The van der Waals surface area contributed by atoms with E-state index in [1.54, 1.807) is 11.0 Å². The molecule has 2 N–H and O–H groups in total. The Morgan fingerprint density at radius 3 is 2.62 bits per heavy atom. The Morgan fingerprint density at radius 1 is 1.24 bits per heavy atom. The van der Waals surface area contributed by atoms with Crippen molar-refractivity contribution in [3.63, 3.8) is 0 Å². The van der Waals surface area contributed by atoms with Gasteiger partial charge >= 0.3 is 6.03 Å². The second-order valence-corrected chi connectivity index (χ2v) is 7.91. The zero-order valence-corrected chi connectivity index (χ0v) is 17.3. The van der Waals surface area contributed by atoms with Crippen LogP contribution in [0.25, 0.3) is 5.69 Å². The predicted molar refractivity (Wildman–Crippen MR) is 110 cm³/mol. The normalized spacial score (nSPS) is 20.3. The Morgan fingerprint density at radius 2 is 1.97 bits per heavy atom. The van der Waals surface area contributed by atoms with Crippen LogP contribution < -0.4 is 10.6 Å². The van der Waals surface area contributed by atoms with Gasteiger partial charge in [-0.2, -0.15) is 5.10 Å². The highest BCUT2D eigenvalue weighted by Crippen LogP contribution is 2.23. The van der Waals surface area contributed by atoms with Crippen LogP contribution in [0.5, 0.6) is 0 Å². The minimum atomic E-state index is -0.396. The van der Waals surface area contributed by atoms with Crippen molar-refractivity contribution in [3.05, 3.63) is 42.5 Å². The summed E-state index contributed by atoms with van der Waals surface area (Å²) < 4.78 is 1.69. The van der Waals surface area contributed by atoms with Crippen LogP contribution in [-0.2, 0) is 4.79 Å². The van der Waals surface area contributed by atoms with Gasteiger partial charge in [0.15, 0.2) is 0 Å². The van der Waals surface area contributed by atoms with Crippen molar-refractivity contribution in [2.75, 3.05) is 13.6 Å². The van der Waals surface area contributed by atoms with Crippen LogP contribution in [0.3, 0.4) is 0 Å². The number of imide groups is 1. The van der Waals surface area contributed by atoms with Crippen LogP contribution in [0.4, 0.5) is 4.79 Å². The zero-order valence-electron chi connectivity index (χ0n) is 17.3. The van der Waals surface area contributed by atoms with Crippen LogP contribution in [0.1, 0.15) is 51.1 Å². The molecule has 8 nitrogen and oxygen atoms in total. The van der Waals surface area contributed by atoms with Gasteiger partial charge < -0.3 is 5.32 Å². The van der Waals surface area contributed by atoms with Crippen molar-refractivity contribution >= 4 is 11.9 Å². The van der Waals surface area contributed by atoms with E-state index < -0.39 is 6.03 Å². The maximum atomic E-state index is 12.3. The summed E-state index contributed by atoms with van der Waals surface area (Å²) in [5.41, 5.74) is 2.00. The van der Waals surface area contributed by atoms with Crippen molar-refractivity contribution in [1.82, 2.24) is 30.3 Å². The minimum absolute atomic E-state index is 0.0203. The summed E-state index contributed by atoms with van der Waals surface area (Å²) >= 11 is 0. The van der Waals surface area contributed by atoms with Crippen molar-refractivity contribution in [2.24, 2.45) is 5.92 Å². The number of nitrogens with one attached hydrogen (secondary N) is 2. The lowest BCUT2D eigenvalue weighted by Gasteiger charge is -2.29. The lowest BCUT2D eigenvalue weighted by Crippen LogP contribution is -2.49. The fourth-order valence-corrected chi connectivity index (χ4v) is 3.77. The molecule has 1 saturated carbocycles. The van der Waals surface area contributed by atoms with Crippen molar-refractivity contribution in [2.45, 2.75) is 51.6 Å². The second kappa shape index (κ2) is 9.65. The quantitative estimate of drug-likeness (QED) is 0.780. The molecule has 0 bridgehead atoms. The zero-order chi connectivity index (χ0) is 20.8. The molecule has 2 aromatic rings. The molecule has 1 heterocycles. The maximum absolute atomic E-state index is 12.3. The van der Waals surface area contributed by atoms with Gasteiger partial charge in [0.2, 0.25) is 5.91 Å². The fourth-order valence-electron chi connectivity index (χ4n) is 3.77. The van der Waals surface area contributed by atoms with E-state index in [0.29, 0.717) is 5.92 Å². The number of urea groups is 1. The maximum Gasteiger partial charge on any atom is 0.321 e. The number of likely N-dealkylation sites (N-methyl/N-ethyl adjacent to an activating group) is 1. The summed E-state index contributed by atoms with van der Waals surface area (Å²) in [6, 6.07) is 7.72. The fraction of sp³-hybridized carbons (Fsp3) is 0.524. The predicted octanol–water partition coefficient (Wildman–Crippen LogP) is 2.66. The molecule has 0 radical (unpaired) electrons. The van der Waals surface area contributed by atoms with E-state index in [2.05, 4.69) is 27.6 Å². The smallest absolute Gasteiger partial charge is 0.321 e. The standard InChI is InChI=1S/C21H30N6O2/c1-15-6-4-5-7-19(15)24-21(29)25-20(28)12-26(3)16(2)17-8-10-18(11-9-17)27-14-22-13-23-27/h8-11,13-16,19H,4-7,12H2,1-3H3,(H2,24,25,28,29). The number of carbonyl (C=O) groups is 2. The number of benzene rings is 1. The average molecular weight is 399 g/mol. The Kier molecular flexibility index (Phi) is 6.98. The molecule has 3 atom stereocenters. The lowest BCUT2D eigenvalue weighted by molar-refractivity contribution is -0.121. The number of aromatic nitrogens is 3. The third-order valence-electron chi connectivity index (χ3n) is 5.79. The van der Waals surface area contributed by atoms with Gasteiger partial charge in [-0.25, -0.2) is 14.5 Å². The first kappa shape index (κ1) is 21.0. The summed E-state index contributed by atoms with van der Waals surface area (Å²) in [4.78, 5) is 30.3.